The zero-order chi connectivity index (χ0) is 14.2. The molecule has 0 spiro atoms. The maximum absolute atomic E-state index is 6.13. The average molecular weight is 302 g/mol. The zero-order valence-electron chi connectivity index (χ0n) is 11.6. The SMILES string of the molecule is Clc1cccc(C2NCCc3cc4c(cc32)OCCO4)c1. The third-order valence-electron chi connectivity index (χ3n) is 4.04. The first-order valence-corrected chi connectivity index (χ1v) is 7.60. The average Bonchev–Trinajstić information content (AvgIpc) is 2.52. The summed E-state index contributed by atoms with van der Waals surface area (Å²) in [5.74, 6) is 1.71. The number of halogens is 1. The summed E-state index contributed by atoms with van der Waals surface area (Å²) in [5.41, 5.74) is 3.76. The largest absolute Gasteiger partial charge is 0.486 e. The Balaban J connectivity index is 1.80. The normalized spacial score (nSPS) is 20.0. The van der Waals surface area contributed by atoms with E-state index < -0.39 is 0 Å². The molecule has 2 aliphatic rings. The standard InChI is InChI=1S/C17H16ClNO2/c18-13-3-1-2-12(8-13)17-14-10-16-15(20-6-7-21-16)9-11(14)4-5-19-17/h1-3,8-10,17,19H,4-7H2. The van der Waals surface area contributed by atoms with Gasteiger partial charge >= 0.3 is 0 Å². The van der Waals surface area contributed by atoms with E-state index in [0.29, 0.717) is 13.2 Å². The van der Waals surface area contributed by atoms with Crippen LogP contribution in [0.5, 0.6) is 11.5 Å². The molecule has 2 heterocycles. The van der Waals surface area contributed by atoms with Gasteiger partial charge in [-0.2, -0.15) is 0 Å². The third kappa shape index (κ3) is 2.37. The van der Waals surface area contributed by atoms with Crippen LogP contribution in [0.3, 0.4) is 0 Å². The van der Waals surface area contributed by atoms with E-state index in [9.17, 15) is 0 Å². The molecule has 1 unspecified atom stereocenters. The number of hydrogen-bond acceptors (Lipinski definition) is 3. The maximum Gasteiger partial charge on any atom is 0.161 e. The Bertz CT molecular complexity index is 686. The van der Waals surface area contributed by atoms with Gasteiger partial charge in [0.2, 0.25) is 0 Å². The van der Waals surface area contributed by atoms with Gasteiger partial charge < -0.3 is 14.8 Å². The Morgan fingerprint density at radius 1 is 1.05 bits per heavy atom. The van der Waals surface area contributed by atoms with Crippen LogP contribution in [0.25, 0.3) is 0 Å². The first kappa shape index (κ1) is 13.0. The third-order valence-corrected chi connectivity index (χ3v) is 4.27. The minimum Gasteiger partial charge on any atom is -0.486 e. The van der Waals surface area contributed by atoms with Gasteiger partial charge in [0, 0.05) is 11.6 Å². The van der Waals surface area contributed by atoms with Crippen molar-refractivity contribution in [1.29, 1.82) is 0 Å². The van der Waals surface area contributed by atoms with Crippen molar-refractivity contribution in [3.05, 3.63) is 58.1 Å². The molecule has 0 fully saturated rings. The maximum atomic E-state index is 6.13. The van der Waals surface area contributed by atoms with Gasteiger partial charge in [0.15, 0.2) is 11.5 Å². The van der Waals surface area contributed by atoms with Crippen molar-refractivity contribution in [2.75, 3.05) is 19.8 Å². The predicted molar refractivity (Wildman–Crippen MR) is 82.4 cm³/mol. The van der Waals surface area contributed by atoms with Gasteiger partial charge in [0.05, 0.1) is 6.04 Å². The first-order valence-electron chi connectivity index (χ1n) is 7.22. The number of rotatable bonds is 1. The molecule has 0 radical (unpaired) electrons. The molecule has 4 heteroatoms. The summed E-state index contributed by atoms with van der Waals surface area (Å²) < 4.78 is 11.4. The second-order valence-corrected chi connectivity index (χ2v) is 5.82. The Morgan fingerprint density at radius 3 is 2.67 bits per heavy atom. The van der Waals surface area contributed by atoms with Crippen molar-refractivity contribution in [3.63, 3.8) is 0 Å². The van der Waals surface area contributed by atoms with Crippen molar-refractivity contribution in [2.45, 2.75) is 12.5 Å². The van der Waals surface area contributed by atoms with E-state index in [4.69, 9.17) is 21.1 Å². The summed E-state index contributed by atoms with van der Waals surface area (Å²) in [6, 6.07) is 12.4. The summed E-state index contributed by atoms with van der Waals surface area (Å²) >= 11 is 6.13. The summed E-state index contributed by atoms with van der Waals surface area (Å²) in [6.45, 7) is 2.19. The van der Waals surface area contributed by atoms with Crippen LogP contribution in [0, 0.1) is 0 Å². The fourth-order valence-corrected chi connectivity index (χ4v) is 3.28. The summed E-state index contributed by atoms with van der Waals surface area (Å²) in [4.78, 5) is 0. The molecule has 3 nitrogen and oxygen atoms in total. The second-order valence-electron chi connectivity index (χ2n) is 5.39. The molecular formula is C17H16ClNO2. The molecule has 108 valence electrons. The Kier molecular flexibility index (Phi) is 3.24. The van der Waals surface area contributed by atoms with Crippen molar-refractivity contribution < 1.29 is 9.47 Å². The lowest BCUT2D eigenvalue weighted by Crippen LogP contribution is -2.31. The highest BCUT2D eigenvalue weighted by Crippen LogP contribution is 2.39. The zero-order valence-corrected chi connectivity index (χ0v) is 12.3. The van der Waals surface area contributed by atoms with Gasteiger partial charge in [0.25, 0.3) is 0 Å². The fraction of sp³-hybridized carbons (Fsp3) is 0.294. The van der Waals surface area contributed by atoms with Gasteiger partial charge in [-0.3, -0.25) is 0 Å². The van der Waals surface area contributed by atoms with Crippen molar-refractivity contribution in [1.82, 2.24) is 5.32 Å². The lowest BCUT2D eigenvalue weighted by molar-refractivity contribution is 0.171. The van der Waals surface area contributed by atoms with Crippen LogP contribution in [0.15, 0.2) is 36.4 Å². The molecule has 21 heavy (non-hydrogen) atoms. The minimum absolute atomic E-state index is 0.156. The molecule has 0 bridgehead atoms. The number of ether oxygens (including phenoxy) is 2. The van der Waals surface area contributed by atoms with Crippen molar-refractivity contribution in [2.24, 2.45) is 0 Å². The summed E-state index contributed by atoms with van der Waals surface area (Å²) in [6.07, 6.45) is 1.00. The van der Waals surface area contributed by atoms with Crippen LogP contribution < -0.4 is 14.8 Å². The Hall–Kier alpha value is -1.71. The monoisotopic (exact) mass is 301 g/mol. The number of benzene rings is 2. The predicted octanol–water partition coefficient (Wildman–Crippen LogP) is 3.35. The van der Waals surface area contributed by atoms with E-state index in [2.05, 4.69) is 23.5 Å². The highest BCUT2D eigenvalue weighted by molar-refractivity contribution is 6.30. The molecule has 0 saturated carbocycles. The molecule has 2 aromatic carbocycles. The molecule has 2 aromatic rings. The lowest BCUT2D eigenvalue weighted by atomic mass is 9.89. The van der Waals surface area contributed by atoms with Crippen LogP contribution >= 0.6 is 11.6 Å². The Labute approximate surface area is 128 Å². The van der Waals surface area contributed by atoms with Gasteiger partial charge in [-0.15, -0.1) is 0 Å². The van der Waals surface area contributed by atoms with Crippen LogP contribution in [0.4, 0.5) is 0 Å². The van der Waals surface area contributed by atoms with Crippen LogP contribution in [-0.4, -0.2) is 19.8 Å². The number of fused-ring (bicyclic) bond motifs is 2. The second kappa shape index (κ2) is 5.24. The molecule has 0 aliphatic carbocycles. The molecule has 1 N–H and O–H groups in total. The van der Waals surface area contributed by atoms with Crippen molar-refractivity contribution >= 4 is 11.6 Å². The van der Waals surface area contributed by atoms with E-state index in [-0.39, 0.29) is 6.04 Å². The van der Waals surface area contributed by atoms with Crippen LogP contribution in [-0.2, 0) is 6.42 Å². The molecule has 2 aliphatic heterocycles. The van der Waals surface area contributed by atoms with E-state index >= 15 is 0 Å². The molecule has 0 aromatic heterocycles. The van der Waals surface area contributed by atoms with E-state index in [0.717, 1.165) is 29.5 Å². The van der Waals surface area contributed by atoms with Crippen LogP contribution in [0.1, 0.15) is 22.7 Å². The fourth-order valence-electron chi connectivity index (χ4n) is 3.08. The lowest BCUT2D eigenvalue weighted by Gasteiger charge is -2.30. The first-order chi connectivity index (χ1) is 10.3. The van der Waals surface area contributed by atoms with Gasteiger partial charge in [0.1, 0.15) is 13.2 Å². The topological polar surface area (TPSA) is 30.5 Å². The van der Waals surface area contributed by atoms with Gasteiger partial charge in [-0.25, -0.2) is 0 Å². The molecule has 1 atom stereocenters. The highest BCUT2D eigenvalue weighted by Gasteiger charge is 2.25. The van der Waals surface area contributed by atoms with Crippen LogP contribution in [0.2, 0.25) is 5.02 Å². The summed E-state index contributed by atoms with van der Waals surface area (Å²) in [7, 11) is 0. The smallest absolute Gasteiger partial charge is 0.161 e. The number of nitrogens with one attached hydrogen (secondary N) is 1. The molecular weight excluding hydrogens is 286 g/mol. The Morgan fingerprint density at radius 2 is 1.86 bits per heavy atom. The van der Waals surface area contributed by atoms with E-state index in [1.807, 2.05) is 18.2 Å². The van der Waals surface area contributed by atoms with Gasteiger partial charge in [-0.1, -0.05) is 23.7 Å². The number of hydrogen-bond donors (Lipinski definition) is 1. The quantitative estimate of drug-likeness (QED) is 0.876. The van der Waals surface area contributed by atoms with E-state index in [1.54, 1.807) is 0 Å². The molecule has 4 rings (SSSR count). The van der Waals surface area contributed by atoms with Crippen molar-refractivity contribution in [3.8, 4) is 11.5 Å². The summed E-state index contributed by atoms with van der Waals surface area (Å²) in [5, 5.41) is 4.33. The van der Waals surface area contributed by atoms with E-state index in [1.165, 1.54) is 16.7 Å². The molecule has 0 amide bonds. The van der Waals surface area contributed by atoms with Gasteiger partial charge in [-0.05, 0) is 47.4 Å². The minimum atomic E-state index is 0.156. The molecule has 0 saturated heterocycles. The highest BCUT2D eigenvalue weighted by atomic mass is 35.5.